The first-order valence-corrected chi connectivity index (χ1v) is 9.57. The fourth-order valence-electron chi connectivity index (χ4n) is 3.23. The van der Waals surface area contributed by atoms with Gasteiger partial charge in [-0.15, -0.1) is 0 Å². The van der Waals surface area contributed by atoms with Crippen LogP contribution in [-0.2, 0) is 13.7 Å². The topological polar surface area (TPSA) is 96.5 Å². The van der Waals surface area contributed by atoms with Gasteiger partial charge in [-0.25, -0.2) is 0 Å². The van der Waals surface area contributed by atoms with E-state index in [2.05, 4.69) is 5.10 Å². The summed E-state index contributed by atoms with van der Waals surface area (Å²) in [5, 5.41) is 15.0. The maximum Gasteiger partial charge on any atom is 0.269 e. The van der Waals surface area contributed by atoms with E-state index in [0.29, 0.717) is 22.8 Å². The average Bonchev–Trinajstić information content (AvgIpc) is 3.02. The van der Waals surface area contributed by atoms with E-state index in [1.54, 1.807) is 36.1 Å². The molecule has 8 nitrogen and oxygen atoms in total. The van der Waals surface area contributed by atoms with Crippen molar-refractivity contribution < 1.29 is 19.2 Å². The number of nitro groups is 1. The van der Waals surface area contributed by atoms with Gasteiger partial charge in [-0.2, -0.15) is 5.10 Å². The predicted octanol–water partition coefficient (Wildman–Crippen LogP) is 4.43. The Morgan fingerprint density at radius 1 is 1.19 bits per heavy atom. The van der Waals surface area contributed by atoms with Gasteiger partial charge in [0, 0.05) is 30.4 Å². The van der Waals surface area contributed by atoms with E-state index in [1.165, 1.54) is 18.2 Å². The highest BCUT2D eigenvalue weighted by molar-refractivity contribution is 6.08. The fourth-order valence-corrected chi connectivity index (χ4v) is 3.23. The van der Waals surface area contributed by atoms with Gasteiger partial charge < -0.3 is 9.47 Å². The summed E-state index contributed by atoms with van der Waals surface area (Å²) in [6.45, 7) is 3.88. The zero-order chi connectivity index (χ0) is 22.5. The minimum atomic E-state index is -0.460. The number of carbonyl (C=O) groups excluding carboxylic acids is 1. The molecule has 0 aliphatic heterocycles. The number of hydrogen-bond donors (Lipinski definition) is 0. The molecular weight excluding hydrogens is 398 g/mol. The van der Waals surface area contributed by atoms with E-state index in [1.807, 2.05) is 33.0 Å². The molecule has 0 radical (unpaired) electrons. The van der Waals surface area contributed by atoms with Gasteiger partial charge in [0.15, 0.2) is 5.78 Å². The Balaban J connectivity index is 1.76. The molecule has 160 valence electrons. The molecule has 3 aromatic rings. The van der Waals surface area contributed by atoms with E-state index in [9.17, 15) is 14.9 Å². The van der Waals surface area contributed by atoms with Crippen LogP contribution in [0.15, 0.2) is 48.5 Å². The molecule has 0 fully saturated rings. The minimum Gasteiger partial charge on any atom is -0.496 e. The highest BCUT2D eigenvalue weighted by atomic mass is 16.6. The SMILES string of the molecule is COc1ccc(/C=C/C(=O)c2c(C)nn(C)c2C)cc1COc1ccc([N+](=O)[O-])cc1. The van der Waals surface area contributed by atoms with Crippen LogP contribution in [0.3, 0.4) is 0 Å². The number of ether oxygens (including phenoxy) is 2. The summed E-state index contributed by atoms with van der Waals surface area (Å²) in [5.74, 6) is 1.04. The molecule has 0 aliphatic rings. The number of rotatable bonds is 8. The highest BCUT2D eigenvalue weighted by Crippen LogP contribution is 2.24. The number of allylic oxidation sites excluding steroid dienone is 1. The van der Waals surface area contributed by atoms with Gasteiger partial charge in [-0.3, -0.25) is 19.6 Å². The number of aromatic nitrogens is 2. The second-order valence-corrected chi connectivity index (χ2v) is 6.98. The van der Waals surface area contributed by atoms with Crippen LogP contribution < -0.4 is 9.47 Å². The molecule has 1 aromatic heterocycles. The van der Waals surface area contributed by atoms with Gasteiger partial charge in [0.25, 0.3) is 5.69 Å². The molecule has 31 heavy (non-hydrogen) atoms. The van der Waals surface area contributed by atoms with Crippen molar-refractivity contribution in [1.82, 2.24) is 9.78 Å². The zero-order valence-corrected chi connectivity index (χ0v) is 17.8. The smallest absolute Gasteiger partial charge is 0.269 e. The average molecular weight is 421 g/mol. The molecule has 0 saturated heterocycles. The Morgan fingerprint density at radius 3 is 2.48 bits per heavy atom. The maximum atomic E-state index is 12.6. The normalized spacial score (nSPS) is 11.0. The van der Waals surface area contributed by atoms with Gasteiger partial charge in [0.05, 0.1) is 23.3 Å². The summed E-state index contributed by atoms with van der Waals surface area (Å²) in [6, 6.07) is 11.4. The Morgan fingerprint density at radius 2 is 1.90 bits per heavy atom. The van der Waals surface area contributed by atoms with Crippen molar-refractivity contribution >= 4 is 17.5 Å². The number of ketones is 1. The van der Waals surface area contributed by atoms with Crippen molar-refractivity contribution in [2.75, 3.05) is 7.11 Å². The summed E-state index contributed by atoms with van der Waals surface area (Å²) in [6.07, 6.45) is 3.27. The summed E-state index contributed by atoms with van der Waals surface area (Å²) in [5.41, 5.74) is 3.72. The van der Waals surface area contributed by atoms with E-state index >= 15 is 0 Å². The molecule has 0 spiro atoms. The molecular formula is C23H23N3O5. The van der Waals surface area contributed by atoms with Crippen LogP contribution in [0.5, 0.6) is 11.5 Å². The summed E-state index contributed by atoms with van der Waals surface area (Å²) in [4.78, 5) is 22.9. The molecule has 0 atom stereocenters. The number of nitro benzene ring substituents is 1. The van der Waals surface area contributed by atoms with Crippen LogP contribution in [0.2, 0.25) is 0 Å². The third-order valence-corrected chi connectivity index (χ3v) is 4.93. The lowest BCUT2D eigenvalue weighted by atomic mass is 10.1. The van der Waals surface area contributed by atoms with Crippen LogP contribution in [0.4, 0.5) is 5.69 Å². The van der Waals surface area contributed by atoms with Crippen molar-refractivity contribution in [2.45, 2.75) is 20.5 Å². The van der Waals surface area contributed by atoms with Crippen molar-refractivity contribution in [2.24, 2.45) is 7.05 Å². The molecule has 0 unspecified atom stereocenters. The Kier molecular flexibility index (Phi) is 6.49. The second kappa shape index (κ2) is 9.25. The Hall–Kier alpha value is -3.94. The Labute approximate surface area is 179 Å². The van der Waals surface area contributed by atoms with Crippen molar-refractivity contribution in [1.29, 1.82) is 0 Å². The molecule has 2 aromatic carbocycles. The van der Waals surface area contributed by atoms with E-state index in [4.69, 9.17) is 9.47 Å². The summed E-state index contributed by atoms with van der Waals surface area (Å²) >= 11 is 0. The third-order valence-electron chi connectivity index (χ3n) is 4.93. The quantitative estimate of drug-likeness (QED) is 0.231. The summed E-state index contributed by atoms with van der Waals surface area (Å²) in [7, 11) is 3.38. The largest absolute Gasteiger partial charge is 0.496 e. The van der Waals surface area contributed by atoms with E-state index in [-0.39, 0.29) is 18.1 Å². The van der Waals surface area contributed by atoms with Crippen LogP contribution in [-0.4, -0.2) is 27.6 Å². The van der Waals surface area contributed by atoms with Crippen LogP contribution in [0, 0.1) is 24.0 Å². The Bertz CT molecular complexity index is 1150. The highest BCUT2D eigenvalue weighted by Gasteiger charge is 2.15. The van der Waals surface area contributed by atoms with Gasteiger partial charge in [0.1, 0.15) is 18.1 Å². The number of aryl methyl sites for hydroxylation is 2. The zero-order valence-electron chi connectivity index (χ0n) is 17.8. The van der Waals surface area contributed by atoms with Crippen LogP contribution in [0.25, 0.3) is 6.08 Å². The first-order valence-electron chi connectivity index (χ1n) is 9.57. The number of hydrogen-bond acceptors (Lipinski definition) is 6. The summed E-state index contributed by atoms with van der Waals surface area (Å²) < 4.78 is 12.8. The fraction of sp³-hybridized carbons (Fsp3) is 0.217. The number of methoxy groups -OCH3 is 1. The number of carbonyl (C=O) groups is 1. The molecule has 0 N–H and O–H groups in total. The first kappa shape index (κ1) is 21.8. The van der Waals surface area contributed by atoms with E-state index in [0.717, 1.165) is 16.8 Å². The molecule has 0 amide bonds. The standard InChI is InChI=1S/C23H23N3O5/c1-15-23(16(2)25(3)24-15)21(27)11-5-17-6-12-22(30-4)18(13-17)14-31-20-9-7-19(8-10-20)26(28)29/h5-13H,14H2,1-4H3/b11-5+. The van der Waals surface area contributed by atoms with Crippen LogP contribution >= 0.6 is 0 Å². The number of non-ortho nitro benzene ring substituents is 1. The van der Waals surface area contributed by atoms with Crippen molar-refractivity contribution in [3.05, 3.63) is 86.7 Å². The first-order chi connectivity index (χ1) is 14.8. The molecule has 0 aliphatic carbocycles. The molecule has 1 heterocycles. The van der Waals surface area contributed by atoms with Crippen molar-refractivity contribution in [3.63, 3.8) is 0 Å². The molecule has 8 heteroatoms. The second-order valence-electron chi connectivity index (χ2n) is 6.98. The third kappa shape index (κ3) is 4.98. The minimum absolute atomic E-state index is 0.000761. The predicted molar refractivity (Wildman–Crippen MR) is 116 cm³/mol. The van der Waals surface area contributed by atoms with Gasteiger partial charge in [0.2, 0.25) is 0 Å². The lowest BCUT2D eigenvalue weighted by Crippen LogP contribution is -2.00. The van der Waals surface area contributed by atoms with E-state index < -0.39 is 4.92 Å². The van der Waals surface area contributed by atoms with Gasteiger partial charge >= 0.3 is 0 Å². The molecule has 0 saturated carbocycles. The number of benzene rings is 2. The molecule has 3 rings (SSSR count). The lowest BCUT2D eigenvalue weighted by molar-refractivity contribution is -0.384. The maximum absolute atomic E-state index is 12.6. The number of nitrogens with zero attached hydrogens (tertiary/aromatic N) is 3. The van der Waals surface area contributed by atoms with Gasteiger partial charge in [-0.1, -0.05) is 12.1 Å². The molecule has 0 bridgehead atoms. The lowest BCUT2D eigenvalue weighted by Gasteiger charge is -2.11. The van der Waals surface area contributed by atoms with Crippen molar-refractivity contribution in [3.8, 4) is 11.5 Å². The van der Waals surface area contributed by atoms with Gasteiger partial charge in [-0.05, 0) is 49.8 Å². The van der Waals surface area contributed by atoms with Crippen LogP contribution in [0.1, 0.15) is 32.9 Å². The monoisotopic (exact) mass is 421 g/mol.